The average Bonchev–Trinajstić information content (AvgIpc) is 2.89. The third kappa shape index (κ3) is 4.58. The molecule has 1 aromatic carbocycles. The molecule has 1 saturated heterocycles. The normalized spacial score (nSPS) is 19.0. The van der Waals surface area contributed by atoms with E-state index >= 15 is 0 Å². The lowest BCUT2D eigenvalue weighted by Gasteiger charge is -2.19. The Labute approximate surface area is 145 Å². The molecule has 132 valence electrons. The molecule has 2 rings (SSSR count). The van der Waals surface area contributed by atoms with Gasteiger partial charge in [-0.05, 0) is 30.7 Å². The van der Waals surface area contributed by atoms with Crippen LogP contribution < -0.4 is 16.0 Å². The summed E-state index contributed by atoms with van der Waals surface area (Å²) in [6, 6.07) is 7.46. The lowest BCUT2D eigenvalue weighted by molar-refractivity contribution is -0.123. The van der Waals surface area contributed by atoms with Crippen molar-refractivity contribution in [3.8, 4) is 6.07 Å². The van der Waals surface area contributed by atoms with E-state index in [2.05, 4.69) is 5.32 Å². The molecule has 8 nitrogen and oxygen atoms in total. The van der Waals surface area contributed by atoms with Crippen LogP contribution in [-0.4, -0.2) is 37.8 Å². The largest absolute Gasteiger partial charge is 0.399 e. The van der Waals surface area contributed by atoms with Crippen molar-refractivity contribution in [1.82, 2.24) is 5.32 Å². The van der Waals surface area contributed by atoms with Crippen molar-refractivity contribution in [3.63, 3.8) is 0 Å². The van der Waals surface area contributed by atoms with Crippen molar-refractivity contribution >= 4 is 33.0 Å². The number of nitrogen functional groups attached to an aromatic ring is 1. The van der Waals surface area contributed by atoms with E-state index in [0.717, 1.165) is 4.90 Å². The van der Waals surface area contributed by atoms with Crippen molar-refractivity contribution in [1.29, 1.82) is 5.26 Å². The van der Waals surface area contributed by atoms with E-state index < -0.39 is 21.7 Å². The highest BCUT2D eigenvalue weighted by molar-refractivity contribution is 7.91. The van der Waals surface area contributed by atoms with E-state index in [4.69, 9.17) is 5.73 Å². The molecule has 1 unspecified atom stereocenters. The molecule has 2 amide bonds. The minimum Gasteiger partial charge on any atom is -0.399 e. The first-order chi connectivity index (χ1) is 11.7. The van der Waals surface area contributed by atoms with Gasteiger partial charge in [-0.1, -0.05) is 0 Å². The Hall–Kier alpha value is -2.86. The Balaban J connectivity index is 2.21. The number of nitriles is 1. The monoisotopic (exact) mass is 362 g/mol. The number of rotatable bonds is 4. The van der Waals surface area contributed by atoms with Crippen LogP contribution >= 0.6 is 0 Å². The third-order valence-electron chi connectivity index (χ3n) is 3.72. The first kappa shape index (κ1) is 18.5. The molecule has 0 aliphatic carbocycles. The minimum absolute atomic E-state index is 0.0508. The van der Waals surface area contributed by atoms with Crippen molar-refractivity contribution in [2.24, 2.45) is 0 Å². The van der Waals surface area contributed by atoms with Gasteiger partial charge in [-0.2, -0.15) is 5.26 Å². The van der Waals surface area contributed by atoms with Crippen molar-refractivity contribution in [2.45, 2.75) is 19.4 Å². The van der Waals surface area contributed by atoms with Gasteiger partial charge in [0.25, 0.3) is 5.91 Å². The number of sulfone groups is 1. The lowest BCUT2D eigenvalue weighted by atomic mass is 10.2. The Morgan fingerprint density at radius 1 is 1.36 bits per heavy atom. The molecule has 0 saturated carbocycles. The maximum absolute atomic E-state index is 12.6. The van der Waals surface area contributed by atoms with Gasteiger partial charge in [0, 0.05) is 24.9 Å². The Morgan fingerprint density at radius 3 is 2.48 bits per heavy atom. The van der Waals surface area contributed by atoms with Gasteiger partial charge in [-0.25, -0.2) is 13.3 Å². The summed E-state index contributed by atoms with van der Waals surface area (Å²) in [6.07, 6.45) is 1.57. The second kappa shape index (κ2) is 7.36. The predicted molar refractivity (Wildman–Crippen MR) is 92.9 cm³/mol. The summed E-state index contributed by atoms with van der Waals surface area (Å²) in [7, 11) is -3.08. The Bertz CT molecular complexity index is 853. The highest BCUT2D eigenvalue weighted by Gasteiger charge is 2.28. The number of anilines is 2. The summed E-state index contributed by atoms with van der Waals surface area (Å²) in [5.41, 5.74) is 6.06. The summed E-state index contributed by atoms with van der Waals surface area (Å²) in [6.45, 7) is 1.21. The molecule has 1 aliphatic heterocycles. The zero-order chi connectivity index (χ0) is 18.6. The molecule has 1 heterocycles. The number of nitrogens with zero attached hydrogens (tertiary/aromatic N) is 2. The molecule has 1 fully saturated rings. The van der Waals surface area contributed by atoms with Gasteiger partial charge in [-0.3, -0.25) is 9.59 Å². The molecule has 1 atom stereocenters. The average molecular weight is 362 g/mol. The quantitative estimate of drug-likeness (QED) is 0.448. The van der Waals surface area contributed by atoms with Gasteiger partial charge in [0.2, 0.25) is 5.91 Å². The van der Waals surface area contributed by atoms with Crippen LogP contribution in [0.5, 0.6) is 0 Å². The maximum Gasteiger partial charge on any atom is 0.277 e. The number of nitrogens with two attached hydrogens (primary N) is 1. The van der Waals surface area contributed by atoms with E-state index in [0.29, 0.717) is 12.1 Å². The summed E-state index contributed by atoms with van der Waals surface area (Å²) < 4.78 is 22.9. The zero-order valence-corrected chi connectivity index (χ0v) is 14.4. The Morgan fingerprint density at radius 2 is 2.00 bits per heavy atom. The van der Waals surface area contributed by atoms with Crippen molar-refractivity contribution in [2.75, 3.05) is 22.1 Å². The summed E-state index contributed by atoms with van der Waals surface area (Å²) in [5, 5.41) is 12.0. The second-order valence-electron chi connectivity index (χ2n) is 5.69. The molecule has 0 bridgehead atoms. The Kier molecular flexibility index (Phi) is 5.44. The number of nitrogens with one attached hydrogen (secondary N) is 1. The van der Waals surface area contributed by atoms with E-state index in [1.165, 1.54) is 37.4 Å². The fraction of sp³-hybridized carbons (Fsp3) is 0.312. The second-order valence-corrected chi connectivity index (χ2v) is 7.92. The van der Waals surface area contributed by atoms with E-state index in [1.807, 2.05) is 0 Å². The molecule has 1 aliphatic rings. The topological polar surface area (TPSA) is 133 Å². The van der Waals surface area contributed by atoms with E-state index in [9.17, 15) is 23.3 Å². The molecular formula is C16H18N4O4S. The van der Waals surface area contributed by atoms with Crippen LogP contribution in [0, 0.1) is 11.3 Å². The van der Waals surface area contributed by atoms with Gasteiger partial charge in [0.15, 0.2) is 9.84 Å². The SMILES string of the molecule is CC(=O)N(C(=O)/C(C#N)=C\NC1CCS(=O)(=O)C1)c1ccc(N)cc1. The molecule has 3 N–H and O–H groups in total. The number of imide groups is 1. The third-order valence-corrected chi connectivity index (χ3v) is 5.48. The molecule has 9 heteroatoms. The fourth-order valence-electron chi connectivity index (χ4n) is 2.46. The number of hydrogen-bond acceptors (Lipinski definition) is 7. The molecule has 0 spiro atoms. The zero-order valence-electron chi connectivity index (χ0n) is 13.6. The first-order valence-electron chi connectivity index (χ1n) is 7.51. The van der Waals surface area contributed by atoms with Gasteiger partial charge < -0.3 is 11.1 Å². The molecule has 1 aromatic rings. The van der Waals surface area contributed by atoms with Gasteiger partial charge in [-0.15, -0.1) is 0 Å². The van der Waals surface area contributed by atoms with Crippen LogP contribution in [-0.2, 0) is 19.4 Å². The van der Waals surface area contributed by atoms with E-state index in [-0.39, 0.29) is 28.8 Å². The summed E-state index contributed by atoms with van der Waals surface area (Å²) in [5.74, 6) is -1.34. The van der Waals surface area contributed by atoms with Crippen LogP contribution in [0.2, 0.25) is 0 Å². The van der Waals surface area contributed by atoms with Crippen LogP contribution in [0.4, 0.5) is 11.4 Å². The first-order valence-corrected chi connectivity index (χ1v) is 9.33. The predicted octanol–water partition coefficient (Wildman–Crippen LogP) is 0.332. The standard InChI is InChI=1S/C16H18N4O4S/c1-11(21)20(15-4-2-13(18)3-5-15)16(22)12(8-17)9-19-14-6-7-25(23,24)10-14/h2-5,9,14,19H,6-7,10,18H2,1H3/b12-9-. The molecule has 0 radical (unpaired) electrons. The molecular weight excluding hydrogens is 344 g/mol. The molecule has 0 aromatic heterocycles. The van der Waals surface area contributed by atoms with Crippen molar-refractivity contribution < 1.29 is 18.0 Å². The van der Waals surface area contributed by atoms with E-state index in [1.54, 1.807) is 6.07 Å². The summed E-state index contributed by atoms with van der Waals surface area (Å²) >= 11 is 0. The van der Waals surface area contributed by atoms with Crippen LogP contribution in [0.25, 0.3) is 0 Å². The van der Waals surface area contributed by atoms with Gasteiger partial charge >= 0.3 is 0 Å². The summed E-state index contributed by atoms with van der Waals surface area (Å²) in [4.78, 5) is 25.3. The highest BCUT2D eigenvalue weighted by atomic mass is 32.2. The number of amides is 2. The van der Waals surface area contributed by atoms with Gasteiger partial charge in [0.05, 0.1) is 17.2 Å². The fourth-order valence-corrected chi connectivity index (χ4v) is 4.14. The number of carbonyl (C=O) groups is 2. The smallest absolute Gasteiger partial charge is 0.277 e. The maximum atomic E-state index is 12.6. The van der Waals surface area contributed by atoms with Crippen LogP contribution in [0.15, 0.2) is 36.0 Å². The van der Waals surface area contributed by atoms with Crippen LogP contribution in [0.3, 0.4) is 0 Å². The van der Waals surface area contributed by atoms with Crippen molar-refractivity contribution in [3.05, 3.63) is 36.0 Å². The van der Waals surface area contributed by atoms with Crippen LogP contribution in [0.1, 0.15) is 13.3 Å². The lowest BCUT2D eigenvalue weighted by Crippen LogP contribution is -2.37. The number of carbonyl (C=O) groups excluding carboxylic acids is 2. The minimum atomic E-state index is -3.08. The molecule has 25 heavy (non-hydrogen) atoms. The number of benzene rings is 1. The highest BCUT2D eigenvalue weighted by Crippen LogP contribution is 2.19. The number of hydrogen-bond donors (Lipinski definition) is 2. The van der Waals surface area contributed by atoms with Gasteiger partial charge in [0.1, 0.15) is 11.6 Å².